The first-order valence-electron chi connectivity index (χ1n) is 7.64. The maximum atomic E-state index is 12.9. The number of thioether (sulfide) groups is 1. The highest BCUT2D eigenvalue weighted by molar-refractivity contribution is 8.03. The van der Waals surface area contributed by atoms with Crippen molar-refractivity contribution >= 4 is 46.6 Å². The molecule has 0 unspecified atom stereocenters. The molecule has 2 aliphatic heterocycles. The lowest BCUT2D eigenvalue weighted by atomic mass is 10.0. The second-order valence-corrected chi connectivity index (χ2v) is 7.95. The summed E-state index contributed by atoms with van der Waals surface area (Å²) >= 11 is 7.63. The molecule has 0 aromatic heterocycles. The van der Waals surface area contributed by atoms with Gasteiger partial charge in [-0.05, 0) is 37.6 Å². The molecule has 2 heterocycles. The molecule has 4 nitrogen and oxygen atoms in total. The highest BCUT2D eigenvalue weighted by Crippen LogP contribution is 2.56. The first-order chi connectivity index (χ1) is 11.4. The smallest absolute Gasteiger partial charge is 0.266 e. The first kappa shape index (κ1) is 15.5. The third kappa shape index (κ3) is 1.95. The van der Waals surface area contributed by atoms with Crippen molar-refractivity contribution in [3.63, 3.8) is 0 Å². The lowest BCUT2D eigenvalue weighted by Crippen LogP contribution is -2.47. The Hall–Kier alpha value is -1.98. The Balaban J connectivity index is 1.95. The van der Waals surface area contributed by atoms with E-state index in [1.54, 1.807) is 11.0 Å². The minimum atomic E-state index is -1.08. The van der Waals surface area contributed by atoms with E-state index in [1.807, 2.05) is 50.2 Å². The molecule has 2 amide bonds. The largest absolute Gasteiger partial charge is 0.323 e. The molecular weight excluding hydrogens is 344 g/mol. The summed E-state index contributed by atoms with van der Waals surface area (Å²) in [6.07, 6.45) is 0. The van der Waals surface area contributed by atoms with Crippen molar-refractivity contribution in [2.45, 2.75) is 24.0 Å². The van der Waals surface area contributed by atoms with Gasteiger partial charge in [0.25, 0.3) is 5.91 Å². The number of benzene rings is 2. The van der Waals surface area contributed by atoms with Gasteiger partial charge in [0.05, 0.1) is 5.25 Å². The highest BCUT2D eigenvalue weighted by atomic mass is 35.5. The number of carbonyl (C=O) groups excluding carboxylic acids is 2. The molecule has 0 aliphatic carbocycles. The van der Waals surface area contributed by atoms with Crippen LogP contribution in [0.1, 0.15) is 18.1 Å². The van der Waals surface area contributed by atoms with Gasteiger partial charge in [0.15, 0.2) is 0 Å². The van der Waals surface area contributed by atoms with Gasteiger partial charge >= 0.3 is 0 Å². The van der Waals surface area contributed by atoms with Gasteiger partial charge in [0.1, 0.15) is 0 Å². The summed E-state index contributed by atoms with van der Waals surface area (Å²) in [6.45, 7) is 3.74. The highest BCUT2D eigenvalue weighted by Gasteiger charge is 2.60. The number of halogens is 1. The van der Waals surface area contributed by atoms with Crippen molar-refractivity contribution in [3.8, 4) is 0 Å². The van der Waals surface area contributed by atoms with Crippen molar-refractivity contribution < 1.29 is 9.59 Å². The average molecular weight is 359 g/mol. The number of nitrogens with zero attached hydrogens (tertiary/aromatic N) is 1. The number of hydrogen-bond donors (Lipinski definition) is 1. The third-order valence-corrected chi connectivity index (χ3v) is 6.38. The molecule has 0 saturated carbocycles. The molecule has 1 spiro atoms. The molecule has 1 fully saturated rings. The summed E-state index contributed by atoms with van der Waals surface area (Å²) in [5.41, 5.74) is 3.13. The Bertz CT molecular complexity index is 885. The molecule has 24 heavy (non-hydrogen) atoms. The zero-order valence-electron chi connectivity index (χ0n) is 13.2. The van der Waals surface area contributed by atoms with Crippen LogP contribution in [-0.4, -0.2) is 17.1 Å². The zero-order chi connectivity index (χ0) is 17.1. The number of nitrogens with one attached hydrogen (secondary N) is 1. The fourth-order valence-corrected chi connectivity index (χ4v) is 4.94. The number of fused-ring (bicyclic) bond motifs is 2. The van der Waals surface area contributed by atoms with E-state index in [4.69, 9.17) is 11.6 Å². The van der Waals surface area contributed by atoms with E-state index in [0.29, 0.717) is 10.7 Å². The standard InChI is InChI=1S/C18H15ClN2O2S/c1-10-7-8-12(9-14(10)19)21-16(22)11(2)24-18(21)13-5-3-4-6-15(13)20-17(18)23/h3-9,11H,1-2H3,(H,20,23)/t11-,18+/m1/s1. The molecule has 1 saturated heterocycles. The van der Waals surface area contributed by atoms with Crippen molar-refractivity contribution in [3.05, 3.63) is 58.6 Å². The van der Waals surface area contributed by atoms with Crippen LogP contribution >= 0.6 is 23.4 Å². The van der Waals surface area contributed by atoms with E-state index in [-0.39, 0.29) is 17.1 Å². The van der Waals surface area contributed by atoms with Gasteiger partial charge in [-0.15, -0.1) is 11.8 Å². The summed E-state index contributed by atoms with van der Waals surface area (Å²) in [4.78, 5) is 26.3. The molecule has 2 aliphatic rings. The predicted octanol–water partition coefficient (Wildman–Crippen LogP) is 3.92. The van der Waals surface area contributed by atoms with Gasteiger partial charge in [0, 0.05) is 22.0 Å². The Morgan fingerprint density at radius 2 is 1.96 bits per heavy atom. The molecule has 6 heteroatoms. The van der Waals surface area contributed by atoms with Gasteiger partial charge in [-0.2, -0.15) is 0 Å². The van der Waals surface area contributed by atoms with Crippen LogP contribution in [0.2, 0.25) is 5.02 Å². The molecule has 0 bridgehead atoms. The number of para-hydroxylation sites is 1. The summed E-state index contributed by atoms with van der Waals surface area (Å²) < 4.78 is 0. The van der Waals surface area contributed by atoms with Crippen LogP contribution in [0.15, 0.2) is 42.5 Å². The number of aryl methyl sites for hydroxylation is 1. The van der Waals surface area contributed by atoms with Crippen molar-refractivity contribution in [2.24, 2.45) is 0 Å². The van der Waals surface area contributed by atoms with Crippen LogP contribution in [0.3, 0.4) is 0 Å². The van der Waals surface area contributed by atoms with Gasteiger partial charge < -0.3 is 5.32 Å². The minimum Gasteiger partial charge on any atom is -0.323 e. The normalized spacial score (nSPS) is 25.3. The number of carbonyl (C=O) groups is 2. The fraction of sp³-hybridized carbons (Fsp3) is 0.222. The number of amides is 2. The van der Waals surface area contributed by atoms with Crippen LogP contribution in [0, 0.1) is 6.92 Å². The number of hydrogen-bond acceptors (Lipinski definition) is 3. The predicted molar refractivity (Wildman–Crippen MR) is 97.5 cm³/mol. The first-order valence-corrected chi connectivity index (χ1v) is 8.90. The van der Waals surface area contributed by atoms with E-state index < -0.39 is 4.87 Å². The number of anilines is 2. The van der Waals surface area contributed by atoms with Crippen molar-refractivity contribution in [2.75, 3.05) is 10.2 Å². The molecule has 2 aromatic rings. The zero-order valence-corrected chi connectivity index (χ0v) is 14.7. The molecule has 4 rings (SSSR count). The van der Waals surface area contributed by atoms with E-state index in [9.17, 15) is 9.59 Å². The minimum absolute atomic E-state index is 0.0910. The second-order valence-electron chi connectivity index (χ2n) is 6.01. The molecule has 2 aromatic carbocycles. The molecule has 1 N–H and O–H groups in total. The van der Waals surface area contributed by atoms with Gasteiger partial charge in [-0.1, -0.05) is 35.9 Å². The maximum Gasteiger partial charge on any atom is 0.266 e. The number of rotatable bonds is 1. The maximum absolute atomic E-state index is 12.9. The third-order valence-electron chi connectivity index (χ3n) is 4.49. The van der Waals surface area contributed by atoms with Crippen LogP contribution < -0.4 is 10.2 Å². The summed E-state index contributed by atoms with van der Waals surface area (Å²) in [7, 11) is 0. The van der Waals surface area contributed by atoms with E-state index >= 15 is 0 Å². The van der Waals surface area contributed by atoms with Crippen molar-refractivity contribution in [1.29, 1.82) is 0 Å². The van der Waals surface area contributed by atoms with E-state index in [0.717, 1.165) is 16.8 Å². The second kappa shape index (κ2) is 5.26. The summed E-state index contributed by atoms with van der Waals surface area (Å²) in [6, 6.07) is 13.0. The average Bonchev–Trinajstić information content (AvgIpc) is 2.98. The lowest BCUT2D eigenvalue weighted by Gasteiger charge is -2.32. The van der Waals surface area contributed by atoms with Crippen LogP contribution in [-0.2, 0) is 14.5 Å². The van der Waals surface area contributed by atoms with E-state index in [2.05, 4.69) is 5.32 Å². The van der Waals surface area contributed by atoms with Crippen LogP contribution in [0.25, 0.3) is 0 Å². The Morgan fingerprint density at radius 1 is 1.21 bits per heavy atom. The monoisotopic (exact) mass is 358 g/mol. The van der Waals surface area contributed by atoms with Crippen LogP contribution in [0.4, 0.5) is 11.4 Å². The van der Waals surface area contributed by atoms with E-state index in [1.165, 1.54) is 11.8 Å². The molecular formula is C18H15ClN2O2S. The molecule has 122 valence electrons. The van der Waals surface area contributed by atoms with Gasteiger partial charge in [-0.3, -0.25) is 14.5 Å². The summed E-state index contributed by atoms with van der Waals surface area (Å²) in [5, 5.41) is 3.17. The topological polar surface area (TPSA) is 49.4 Å². The lowest BCUT2D eigenvalue weighted by molar-refractivity contribution is -0.122. The van der Waals surface area contributed by atoms with Crippen molar-refractivity contribution in [1.82, 2.24) is 0 Å². The Morgan fingerprint density at radius 3 is 2.71 bits per heavy atom. The Kier molecular flexibility index (Phi) is 3.41. The quantitative estimate of drug-likeness (QED) is 0.840. The SMILES string of the molecule is Cc1ccc(N2C(=O)[C@@H](C)S[C@@]23C(=O)Nc2ccccc23)cc1Cl. The van der Waals surface area contributed by atoms with Gasteiger partial charge in [0.2, 0.25) is 10.8 Å². The Labute approximate surface area is 149 Å². The molecule has 0 radical (unpaired) electrons. The van der Waals surface area contributed by atoms with Gasteiger partial charge in [-0.25, -0.2) is 0 Å². The fourth-order valence-electron chi connectivity index (χ4n) is 3.28. The van der Waals surface area contributed by atoms with Crippen LogP contribution in [0.5, 0.6) is 0 Å². The summed E-state index contributed by atoms with van der Waals surface area (Å²) in [5.74, 6) is -0.283. The molecule has 2 atom stereocenters.